The van der Waals surface area contributed by atoms with Crippen molar-refractivity contribution >= 4 is 23.2 Å². The molecule has 2 amide bonds. The summed E-state index contributed by atoms with van der Waals surface area (Å²) in [5, 5.41) is 9.36. The van der Waals surface area contributed by atoms with Gasteiger partial charge in [0.25, 0.3) is 5.91 Å². The van der Waals surface area contributed by atoms with Gasteiger partial charge in [-0.05, 0) is 25.3 Å². The van der Waals surface area contributed by atoms with Crippen LogP contribution in [0.4, 0.5) is 0 Å². The molecule has 1 fully saturated rings. The zero-order valence-electron chi connectivity index (χ0n) is 13.8. The highest BCUT2D eigenvalue weighted by molar-refractivity contribution is 7.08. The predicted octanol–water partition coefficient (Wildman–Crippen LogP) is 1.09. The fourth-order valence-electron chi connectivity index (χ4n) is 2.47. The molecule has 2 N–H and O–H groups in total. The molecule has 1 aliphatic rings. The normalized spacial score (nSPS) is 16.1. The molecule has 0 saturated carbocycles. The first-order valence-corrected chi connectivity index (χ1v) is 8.83. The van der Waals surface area contributed by atoms with Crippen LogP contribution >= 0.6 is 11.3 Å². The van der Waals surface area contributed by atoms with Crippen LogP contribution in [0, 0.1) is 0 Å². The van der Waals surface area contributed by atoms with Crippen molar-refractivity contribution in [3.63, 3.8) is 0 Å². The van der Waals surface area contributed by atoms with Gasteiger partial charge in [0.15, 0.2) is 0 Å². The lowest BCUT2D eigenvalue weighted by atomic mass is 10.0. The molecule has 1 aliphatic heterocycles. The number of hydrogen-bond donors (Lipinski definition) is 2. The van der Waals surface area contributed by atoms with Crippen molar-refractivity contribution in [2.45, 2.75) is 25.8 Å². The average molecular weight is 339 g/mol. The Morgan fingerprint density at radius 1 is 1.30 bits per heavy atom. The van der Waals surface area contributed by atoms with E-state index < -0.39 is 0 Å². The number of thiophene rings is 1. The fourth-order valence-corrected chi connectivity index (χ4v) is 3.11. The number of carbonyl (C=O) groups is 2. The van der Waals surface area contributed by atoms with Gasteiger partial charge in [-0.15, -0.1) is 0 Å². The van der Waals surface area contributed by atoms with Gasteiger partial charge >= 0.3 is 0 Å². The molecule has 1 saturated heterocycles. The molecule has 0 spiro atoms. The third kappa shape index (κ3) is 5.60. The summed E-state index contributed by atoms with van der Waals surface area (Å²) < 4.78 is 5.36. The summed E-state index contributed by atoms with van der Waals surface area (Å²) in [5.41, 5.74) is 0.545. The van der Waals surface area contributed by atoms with Crippen LogP contribution in [0.15, 0.2) is 16.8 Å². The first-order chi connectivity index (χ1) is 11.0. The van der Waals surface area contributed by atoms with E-state index in [2.05, 4.69) is 29.4 Å². The van der Waals surface area contributed by atoms with Crippen LogP contribution in [0.1, 0.15) is 30.6 Å². The summed E-state index contributed by atoms with van der Waals surface area (Å²) in [7, 11) is 0. The number of nitrogens with zero attached hydrogens (tertiary/aromatic N) is 1. The Kier molecular flexibility index (Phi) is 6.56. The van der Waals surface area contributed by atoms with Gasteiger partial charge in [0.2, 0.25) is 5.91 Å². The van der Waals surface area contributed by atoms with Crippen molar-refractivity contribution in [3.05, 3.63) is 22.4 Å². The summed E-state index contributed by atoms with van der Waals surface area (Å²) in [6, 6.07) is 1.77. The van der Waals surface area contributed by atoms with Crippen LogP contribution in [-0.2, 0) is 9.53 Å². The Labute approximate surface area is 141 Å². The Balaban J connectivity index is 1.65. The molecule has 23 heavy (non-hydrogen) atoms. The quantitative estimate of drug-likeness (QED) is 0.780. The third-order valence-corrected chi connectivity index (χ3v) is 4.69. The highest BCUT2D eigenvalue weighted by Gasteiger charge is 2.28. The van der Waals surface area contributed by atoms with Crippen LogP contribution in [0.2, 0.25) is 0 Å². The minimum absolute atomic E-state index is 0.0445. The third-order valence-electron chi connectivity index (χ3n) is 4.01. The van der Waals surface area contributed by atoms with Gasteiger partial charge in [-0.1, -0.05) is 0 Å². The number of carbonyl (C=O) groups excluding carboxylic acids is 2. The first-order valence-electron chi connectivity index (χ1n) is 7.89. The molecule has 0 aromatic carbocycles. The Bertz CT molecular complexity index is 511. The molecule has 0 bridgehead atoms. The van der Waals surface area contributed by atoms with Gasteiger partial charge in [-0.25, -0.2) is 0 Å². The maximum absolute atomic E-state index is 11.9. The Morgan fingerprint density at radius 3 is 2.70 bits per heavy atom. The van der Waals surface area contributed by atoms with Gasteiger partial charge in [0, 0.05) is 49.1 Å². The Morgan fingerprint density at radius 2 is 2.04 bits per heavy atom. The molecule has 0 unspecified atom stereocenters. The summed E-state index contributed by atoms with van der Waals surface area (Å²) in [6.07, 6.45) is 0.287. The van der Waals surface area contributed by atoms with E-state index in [9.17, 15) is 9.59 Å². The van der Waals surface area contributed by atoms with Gasteiger partial charge in [0.1, 0.15) is 0 Å². The van der Waals surface area contributed by atoms with Gasteiger partial charge < -0.3 is 15.4 Å². The van der Waals surface area contributed by atoms with Crippen molar-refractivity contribution in [2.24, 2.45) is 0 Å². The first kappa shape index (κ1) is 17.9. The lowest BCUT2D eigenvalue weighted by Gasteiger charge is -2.40. The minimum atomic E-state index is -0.132. The minimum Gasteiger partial charge on any atom is -0.379 e. The molecule has 128 valence electrons. The topological polar surface area (TPSA) is 70.7 Å². The number of morpholine rings is 1. The maximum Gasteiger partial charge on any atom is 0.252 e. The zero-order valence-corrected chi connectivity index (χ0v) is 14.6. The molecular weight excluding hydrogens is 314 g/mol. The van der Waals surface area contributed by atoms with E-state index in [-0.39, 0.29) is 23.8 Å². The molecular formula is C16H25N3O3S. The van der Waals surface area contributed by atoms with Crippen LogP contribution in [-0.4, -0.2) is 61.6 Å². The lowest BCUT2D eigenvalue weighted by molar-refractivity contribution is -0.121. The van der Waals surface area contributed by atoms with E-state index in [0.717, 1.165) is 26.3 Å². The molecule has 1 aromatic rings. The van der Waals surface area contributed by atoms with E-state index in [0.29, 0.717) is 18.7 Å². The summed E-state index contributed by atoms with van der Waals surface area (Å²) in [4.78, 5) is 26.0. The molecule has 7 heteroatoms. The number of hydrogen-bond acceptors (Lipinski definition) is 5. The van der Waals surface area contributed by atoms with E-state index in [1.807, 2.05) is 5.38 Å². The SMILES string of the molecule is CC(C)(CNC(=O)CCNC(=O)c1ccsc1)N1CCOCC1. The van der Waals surface area contributed by atoms with Crippen LogP contribution < -0.4 is 10.6 Å². The maximum atomic E-state index is 11.9. The molecule has 2 heterocycles. The fraction of sp³-hybridized carbons (Fsp3) is 0.625. The zero-order chi connectivity index (χ0) is 16.7. The highest BCUT2D eigenvalue weighted by Crippen LogP contribution is 2.15. The van der Waals surface area contributed by atoms with E-state index in [1.54, 1.807) is 11.4 Å². The number of ether oxygens (including phenoxy) is 1. The van der Waals surface area contributed by atoms with Gasteiger partial charge in [-0.3, -0.25) is 14.5 Å². The Hall–Kier alpha value is -1.44. The van der Waals surface area contributed by atoms with Crippen molar-refractivity contribution < 1.29 is 14.3 Å². The van der Waals surface area contributed by atoms with Crippen LogP contribution in [0.3, 0.4) is 0 Å². The van der Waals surface area contributed by atoms with Gasteiger partial charge in [-0.2, -0.15) is 11.3 Å². The summed E-state index contributed by atoms with van der Waals surface area (Å²) in [5.74, 6) is -0.176. The molecule has 0 aliphatic carbocycles. The molecule has 2 rings (SSSR count). The number of amides is 2. The van der Waals surface area contributed by atoms with E-state index in [4.69, 9.17) is 4.74 Å². The monoisotopic (exact) mass is 339 g/mol. The van der Waals surface area contributed by atoms with Crippen molar-refractivity contribution in [3.8, 4) is 0 Å². The number of nitrogens with one attached hydrogen (secondary N) is 2. The largest absolute Gasteiger partial charge is 0.379 e. The smallest absolute Gasteiger partial charge is 0.252 e. The number of rotatable bonds is 7. The van der Waals surface area contributed by atoms with E-state index >= 15 is 0 Å². The summed E-state index contributed by atoms with van der Waals surface area (Å²) >= 11 is 1.48. The molecule has 0 radical (unpaired) electrons. The second-order valence-electron chi connectivity index (χ2n) is 6.21. The molecule has 1 aromatic heterocycles. The van der Waals surface area contributed by atoms with Crippen LogP contribution in [0.5, 0.6) is 0 Å². The average Bonchev–Trinajstić information content (AvgIpc) is 3.08. The van der Waals surface area contributed by atoms with Crippen molar-refractivity contribution in [1.82, 2.24) is 15.5 Å². The van der Waals surface area contributed by atoms with Crippen molar-refractivity contribution in [2.75, 3.05) is 39.4 Å². The van der Waals surface area contributed by atoms with Crippen molar-refractivity contribution in [1.29, 1.82) is 0 Å². The molecule has 6 nitrogen and oxygen atoms in total. The van der Waals surface area contributed by atoms with Crippen LogP contribution in [0.25, 0.3) is 0 Å². The second-order valence-corrected chi connectivity index (χ2v) is 6.99. The summed E-state index contributed by atoms with van der Waals surface area (Å²) in [6.45, 7) is 8.44. The molecule has 0 atom stereocenters. The van der Waals surface area contributed by atoms with E-state index in [1.165, 1.54) is 11.3 Å². The lowest BCUT2D eigenvalue weighted by Crippen LogP contribution is -2.55. The standard InChI is InChI=1S/C16H25N3O3S/c1-16(2,19-6-8-22-9-7-19)12-18-14(20)3-5-17-15(21)13-4-10-23-11-13/h4,10-11H,3,5-9,12H2,1-2H3,(H,17,21)(H,18,20). The predicted molar refractivity (Wildman–Crippen MR) is 90.7 cm³/mol. The second kappa shape index (κ2) is 8.42. The van der Waals surface area contributed by atoms with Gasteiger partial charge in [0.05, 0.1) is 13.2 Å². The highest BCUT2D eigenvalue weighted by atomic mass is 32.1.